The van der Waals surface area contributed by atoms with Gasteiger partial charge in [-0.15, -0.1) is 22.7 Å². The van der Waals surface area contributed by atoms with Gasteiger partial charge in [0.15, 0.2) is 0 Å². The number of benzene rings is 1. The molecule has 0 saturated carbocycles. The summed E-state index contributed by atoms with van der Waals surface area (Å²) in [6, 6.07) is 12.3. The first-order valence-corrected chi connectivity index (χ1v) is 12.0. The molecule has 0 N–H and O–H groups in total. The molecule has 28 heavy (non-hydrogen) atoms. The molecule has 3 heterocycles. The van der Waals surface area contributed by atoms with E-state index >= 15 is 0 Å². The highest BCUT2D eigenvalue weighted by Gasteiger charge is 2.34. The second-order valence-corrected chi connectivity index (χ2v) is 10.9. The van der Waals surface area contributed by atoms with Crippen LogP contribution in [0.5, 0.6) is 0 Å². The summed E-state index contributed by atoms with van der Waals surface area (Å²) in [7, 11) is -0.527. The van der Waals surface area contributed by atoms with Crippen LogP contribution >= 0.6 is 22.7 Å². The van der Waals surface area contributed by atoms with Gasteiger partial charge in [0.25, 0.3) is 5.91 Å². The number of hydrogen-bond donors (Lipinski definition) is 0. The van der Waals surface area contributed by atoms with Crippen LogP contribution < -0.4 is 0 Å². The number of fused-ring (bicyclic) bond motifs is 1. The fraction of sp³-hybridized carbons (Fsp3) is 0.250. The Balaban J connectivity index is 1.67. The molecule has 3 aromatic rings. The molecule has 0 bridgehead atoms. The molecule has 0 spiro atoms. The maximum Gasteiger partial charge on any atom is 0.254 e. The standard InChI is InChI=1S/C20H20N2O3S3/c1-21(2)28(24,25)15-7-5-14(6-8-15)20(23)22-11-9-17-16(10-13-27-17)19(22)18-4-3-12-26-18/h3-8,10,12-13,19H,9,11H2,1-2H3/t19-/m0/s1. The summed E-state index contributed by atoms with van der Waals surface area (Å²) in [5.74, 6) is -0.0796. The van der Waals surface area contributed by atoms with Crippen molar-refractivity contribution in [2.24, 2.45) is 0 Å². The highest BCUT2D eigenvalue weighted by molar-refractivity contribution is 7.89. The minimum absolute atomic E-state index is 0.0796. The van der Waals surface area contributed by atoms with E-state index < -0.39 is 10.0 Å². The molecule has 2 aromatic heterocycles. The van der Waals surface area contributed by atoms with Crippen LogP contribution in [0.4, 0.5) is 0 Å². The molecule has 1 atom stereocenters. The summed E-state index contributed by atoms with van der Waals surface area (Å²) >= 11 is 3.39. The van der Waals surface area contributed by atoms with Crippen molar-refractivity contribution in [1.29, 1.82) is 0 Å². The van der Waals surface area contributed by atoms with Crippen LogP contribution in [-0.2, 0) is 16.4 Å². The summed E-state index contributed by atoms with van der Waals surface area (Å²) in [5, 5.41) is 4.11. The predicted molar refractivity (Wildman–Crippen MR) is 113 cm³/mol. The Bertz CT molecular complexity index is 1080. The largest absolute Gasteiger partial charge is 0.326 e. The second-order valence-electron chi connectivity index (χ2n) is 6.78. The number of hydrogen-bond acceptors (Lipinski definition) is 5. The monoisotopic (exact) mass is 432 g/mol. The lowest BCUT2D eigenvalue weighted by atomic mass is 9.97. The Morgan fingerprint density at radius 1 is 1.07 bits per heavy atom. The van der Waals surface area contributed by atoms with Crippen LogP contribution in [0.3, 0.4) is 0 Å². The number of rotatable bonds is 4. The first-order chi connectivity index (χ1) is 13.4. The maximum atomic E-state index is 13.3. The summed E-state index contributed by atoms with van der Waals surface area (Å²) in [4.78, 5) is 17.9. The van der Waals surface area contributed by atoms with Crippen LogP contribution in [0.15, 0.2) is 58.1 Å². The summed E-state index contributed by atoms with van der Waals surface area (Å²) in [6.07, 6.45) is 0.841. The molecule has 8 heteroatoms. The van der Waals surface area contributed by atoms with Gasteiger partial charge in [0, 0.05) is 36.0 Å². The number of amides is 1. The van der Waals surface area contributed by atoms with Crippen LogP contribution in [0.1, 0.15) is 31.7 Å². The Labute approximate surface area is 172 Å². The summed E-state index contributed by atoms with van der Waals surface area (Å²) < 4.78 is 25.7. The molecule has 0 aliphatic carbocycles. The summed E-state index contributed by atoms with van der Waals surface area (Å²) in [6.45, 7) is 0.645. The van der Waals surface area contributed by atoms with Gasteiger partial charge in [-0.25, -0.2) is 12.7 Å². The molecule has 0 saturated heterocycles. The predicted octanol–water partition coefficient (Wildman–Crippen LogP) is 3.85. The molecular weight excluding hydrogens is 412 g/mol. The number of sulfonamides is 1. The first kappa shape index (κ1) is 19.3. The lowest BCUT2D eigenvalue weighted by Crippen LogP contribution is -2.39. The van der Waals surface area contributed by atoms with E-state index in [1.807, 2.05) is 16.3 Å². The van der Waals surface area contributed by atoms with Gasteiger partial charge in [-0.3, -0.25) is 4.79 Å². The molecule has 0 fully saturated rings. The number of nitrogens with zero attached hydrogens (tertiary/aromatic N) is 2. The molecule has 1 aliphatic heterocycles. The van der Waals surface area contributed by atoms with E-state index in [0.29, 0.717) is 12.1 Å². The maximum absolute atomic E-state index is 13.3. The molecule has 1 amide bonds. The van der Waals surface area contributed by atoms with Crippen molar-refractivity contribution in [2.45, 2.75) is 17.4 Å². The van der Waals surface area contributed by atoms with Gasteiger partial charge in [0.2, 0.25) is 10.0 Å². The van der Waals surface area contributed by atoms with Crippen molar-refractivity contribution in [1.82, 2.24) is 9.21 Å². The van der Waals surface area contributed by atoms with Crippen LogP contribution in [0.2, 0.25) is 0 Å². The molecule has 0 radical (unpaired) electrons. The van der Waals surface area contributed by atoms with Crippen molar-refractivity contribution < 1.29 is 13.2 Å². The number of carbonyl (C=O) groups excluding carboxylic acids is 1. The lowest BCUT2D eigenvalue weighted by Gasteiger charge is -2.35. The fourth-order valence-electron chi connectivity index (χ4n) is 3.43. The van der Waals surface area contributed by atoms with Crippen LogP contribution in [0, 0.1) is 0 Å². The van der Waals surface area contributed by atoms with Crippen molar-refractivity contribution in [3.63, 3.8) is 0 Å². The Morgan fingerprint density at radius 3 is 2.46 bits per heavy atom. The van der Waals surface area contributed by atoms with Crippen molar-refractivity contribution in [3.8, 4) is 0 Å². The van der Waals surface area contributed by atoms with Crippen molar-refractivity contribution in [3.05, 3.63) is 74.1 Å². The number of thiophene rings is 2. The number of carbonyl (C=O) groups is 1. The Kier molecular flexibility index (Phi) is 5.13. The van der Waals surface area contributed by atoms with E-state index in [1.54, 1.807) is 34.8 Å². The van der Waals surface area contributed by atoms with E-state index in [-0.39, 0.29) is 16.8 Å². The third-order valence-electron chi connectivity index (χ3n) is 4.92. The molecule has 1 aliphatic rings. The molecule has 1 aromatic carbocycles. The minimum Gasteiger partial charge on any atom is -0.326 e. The average molecular weight is 433 g/mol. The molecule has 5 nitrogen and oxygen atoms in total. The lowest BCUT2D eigenvalue weighted by molar-refractivity contribution is 0.0698. The van der Waals surface area contributed by atoms with Gasteiger partial charge in [0.1, 0.15) is 0 Å². The van der Waals surface area contributed by atoms with E-state index in [0.717, 1.165) is 11.3 Å². The van der Waals surface area contributed by atoms with Gasteiger partial charge in [-0.1, -0.05) is 6.07 Å². The Morgan fingerprint density at radius 2 is 1.82 bits per heavy atom. The molecule has 4 rings (SSSR count). The van der Waals surface area contributed by atoms with Gasteiger partial charge < -0.3 is 4.90 Å². The highest BCUT2D eigenvalue weighted by Crippen LogP contribution is 2.40. The average Bonchev–Trinajstić information content (AvgIpc) is 3.38. The smallest absolute Gasteiger partial charge is 0.254 e. The molecular formula is C20H20N2O3S3. The third-order valence-corrected chi connectivity index (χ3v) is 8.67. The van der Waals surface area contributed by atoms with Crippen LogP contribution in [0.25, 0.3) is 0 Å². The fourth-order valence-corrected chi connectivity index (χ4v) is 6.09. The van der Waals surface area contributed by atoms with Crippen LogP contribution in [-0.4, -0.2) is 44.2 Å². The zero-order chi connectivity index (χ0) is 19.9. The zero-order valence-corrected chi connectivity index (χ0v) is 18.0. The molecule has 0 unspecified atom stereocenters. The Hall–Kier alpha value is -2.00. The van der Waals surface area contributed by atoms with Crippen molar-refractivity contribution >= 4 is 38.6 Å². The van der Waals surface area contributed by atoms with Gasteiger partial charge in [-0.05, 0) is 59.1 Å². The SMILES string of the molecule is CN(C)S(=O)(=O)c1ccc(C(=O)N2CCc3sccc3[C@H]2c2cccs2)cc1. The zero-order valence-electron chi connectivity index (χ0n) is 15.5. The second kappa shape index (κ2) is 7.44. The van der Waals surface area contributed by atoms with E-state index in [9.17, 15) is 13.2 Å². The third kappa shape index (κ3) is 3.30. The van der Waals surface area contributed by atoms with Crippen molar-refractivity contribution in [2.75, 3.05) is 20.6 Å². The molecule has 146 valence electrons. The summed E-state index contributed by atoms with van der Waals surface area (Å²) in [5.41, 5.74) is 1.69. The van der Waals surface area contributed by atoms with Gasteiger partial charge >= 0.3 is 0 Å². The van der Waals surface area contributed by atoms with E-state index in [4.69, 9.17) is 0 Å². The van der Waals surface area contributed by atoms with Gasteiger partial charge in [-0.2, -0.15) is 0 Å². The van der Waals surface area contributed by atoms with Gasteiger partial charge in [0.05, 0.1) is 10.9 Å². The minimum atomic E-state index is -3.51. The topological polar surface area (TPSA) is 57.7 Å². The highest BCUT2D eigenvalue weighted by atomic mass is 32.2. The van der Waals surface area contributed by atoms with E-state index in [1.165, 1.54) is 41.0 Å². The first-order valence-electron chi connectivity index (χ1n) is 8.83. The van der Waals surface area contributed by atoms with E-state index in [2.05, 4.69) is 17.5 Å². The quantitative estimate of drug-likeness (QED) is 0.629. The normalized spacial score (nSPS) is 17.0.